The first-order chi connectivity index (χ1) is 15.1. The SMILES string of the molecule is COc1ccc([N+](=O)[O-])cc1NS(=O)(=O)c1ccc(C(=O)NCCCOCC(C)C)cc1. The number of ether oxygens (including phenoxy) is 2. The molecule has 2 N–H and O–H groups in total. The number of nitro groups is 1. The molecule has 0 saturated heterocycles. The van der Waals surface area contributed by atoms with E-state index in [1.165, 1.54) is 43.5 Å². The van der Waals surface area contributed by atoms with Gasteiger partial charge in [0.1, 0.15) is 5.75 Å². The second kappa shape index (κ2) is 11.4. The Hall–Kier alpha value is -3.18. The summed E-state index contributed by atoms with van der Waals surface area (Å²) >= 11 is 0. The Balaban J connectivity index is 2.02. The van der Waals surface area contributed by atoms with E-state index in [0.717, 1.165) is 6.07 Å². The van der Waals surface area contributed by atoms with E-state index in [4.69, 9.17) is 9.47 Å². The molecule has 0 spiro atoms. The van der Waals surface area contributed by atoms with Gasteiger partial charge in [-0.3, -0.25) is 19.6 Å². The molecular weight excluding hydrogens is 438 g/mol. The number of rotatable bonds is 12. The number of hydrogen-bond acceptors (Lipinski definition) is 7. The molecule has 0 radical (unpaired) electrons. The predicted molar refractivity (Wildman–Crippen MR) is 120 cm³/mol. The number of methoxy groups -OCH3 is 1. The highest BCUT2D eigenvalue weighted by Gasteiger charge is 2.19. The molecule has 32 heavy (non-hydrogen) atoms. The number of nitrogens with one attached hydrogen (secondary N) is 2. The quantitative estimate of drug-likeness (QED) is 0.279. The number of amides is 1. The number of benzene rings is 2. The molecule has 0 bridgehead atoms. The van der Waals surface area contributed by atoms with Gasteiger partial charge in [0.15, 0.2) is 0 Å². The van der Waals surface area contributed by atoms with Crippen molar-refractivity contribution in [2.75, 3.05) is 31.6 Å². The molecule has 0 aliphatic heterocycles. The summed E-state index contributed by atoms with van der Waals surface area (Å²) < 4.78 is 38.2. The van der Waals surface area contributed by atoms with E-state index < -0.39 is 14.9 Å². The van der Waals surface area contributed by atoms with Crippen molar-refractivity contribution < 1.29 is 27.6 Å². The maximum Gasteiger partial charge on any atom is 0.271 e. The standard InChI is InChI=1S/C21H27N3O7S/c1-15(2)14-31-12-4-11-22-21(25)16-5-8-18(9-6-16)32(28,29)23-19-13-17(24(26)27)7-10-20(19)30-3/h5-10,13,15,23H,4,11-12,14H2,1-3H3,(H,22,25). The fourth-order valence-corrected chi connectivity index (χ4v) is 3.74. The summed E-state index contributed by atoms with van der Waals surface area (Å²) in [5.41, 5.74) is -0.0479. The van der Waals surface area contributed by atoms with Crippen LogP contribution in [0.5, 0.6) is 5.75 Å². The van der Waals surface area contributed by atoms with Gasteiger partial charge < -0.3 is 14.8 Å². The zero-order valence-electron chi connectivity index (χ0n) is 18.2. The lowest BCUT2D eigenvalue weighted by molar-refractivity contribution is -0.384. The lowest BCUT2D eigenvalue weighted by atomic mass is 10.2. The molecule has 0 saturated carbocycles. The van der Waals surface area contributed by atoms with Gasteiger partial charge in [-0.05, 0) is 42.7 Å². The highest BCUT2D eigenvalue weighted by molar-refractivity contribution is 7.92. The van der Waals surface area contributed by atoms with Crippen LogP contribution >= 0.6 is 0 Å². The molecule has 2 aromatic carbocycles. The Labute approximate surface area is 187 Å². The largest absolute Gasteiger partial charge is 0.495 e. The van der Waals surface area contributed by atoms with Crippen LogP contribution in [0.1, 0.15) is 30.6 Å². The second-order valence-corrected chi connectivity index (χ2v) is 9.03. The highest BCUT2D eigenvalue weighted by atomic mass is 32.2. The van der Waals surface area contributed by atoms with Crippen LogP contribution in [-0.2, 0) is 14.8 Å². The Bertz CT molecular complexity index is 1040. The van der Waals surface area contributed by atoms with Gasteiger partial charge in [-0.25, -0.2) is 8.42 Å². The average molecular weight is 466 g/mol. The molecule has 0 unspecified atom stereocenters. The van der Waals surface area contributed by atoms with E-state index in [9.17, 15) is 23.3 Å². The number of sulfonamides is 1. The molecule has 1 amide bonds. The minimum atomic E-state index is -4.07. The number of non-ortho nitro benzene ring substituents is 1. The Kier molecular flexibility index (Phi) is 8.97. The summed E-state index contributed by atoms with van der Waals surface area (Å²) in [6, 6.07) is 8.94. The molecular formula is C21H27N3O7S. The molecule has 0 aliphatic carbocycles. The fourth-order valence-electron chi connectivity index (χ4n) is 2.68. The van der Waals surface area contributed by atoms with Crippen molar-refractivity contribution in [3.8, 4) is 5.75 Å². The summed E-state index contributed by atoms with van der Waals surface area (Å²) in [5, 5.41) is 13.7. The van der Waals surface area contributed by atoms with E-state index in [-0.39, 0.29) is 27.9 Å². The first-order valence-electron chi connectivity index (χ1n) is 9.95. The molecule has 0 atom stereocenters. The maximum absolute atomic E-state index is 12.7. The minimum absolute atomic E-state index is 0.0665. The number of carbonyl (C=O) groups is 1. The van der Waals surface area contributed by atoms with Gasteiger partial charge in [-0.1, -0.05) is 13.8 Å². The maximum atomic E-state index is 12.7. The predicted octanol–water partition coefficient (Wildman–Crippen LogP) is 3.20. The van der Waals surface area contributed by atoms with Crippen LogP contribution in [0, 0.1) is 16.0 Å². The molecule has 0 fully saturated rings. The monoisotopic (exact) mass is 465 g/mol. The van der Waals surface area contributed by atoms with Crippen molar-refractivity contribution in [3.05, 3.63) is 58.1 Å². The van der Waals surface area contributed by atoms with Crippen molar-refractivity contribution in [3.63, 3.8) is 0 Å². The summed E-state index contributed by atoms with van der Waals surface area (Å²) in [6.45, 7) is 5.76. The van der Waals surface area contributed by atoms with Crippen LogP contribution in [0.25, 0.3) is 0 Å². The third-order valence-corrected chi connectivity index (χ3v) is 5.65. The van der Waals surface area contributed by atoms with E-state index in [1.54, 1.807) is 0 Å². The van der Waals surface area contributed by atoms with E-state index in [1.807, 2.05) is 0 Å². The van der Waals surface area contributed by atoms with Gasteiger partial charge in [0, 0.05) is 37.5 Å². The lowest BCUT2D eigenvalue weighted by Crippen LogP contribution is -2.25. The van der Waals surface area contributed by atoms with Crippen LogP contribution in [-0.4, -0.2) is 46.1 Å². The van der Waals surface area contributed by atoms with Crippen LogP contribution in [0.2, 0.25) is 0 Å². The third kappa shape index (κ3) is 7.20. The molecule has 0 aliphatic rings. The van der Waals surface area contributed by atoms with E-state index in [2.05, 4.69) is 23.9 Å². The smallest absolute Gasteiger partial charge is 0.271 e. The minimum Gasteiger partial charge on any atom is -0.495 e. The van der Waals surface area contributed by atoms with E-state index >= 15 is 0 Å². The molecule has 2 aromatic rings. The van der Waals surface area contributed by atoms with E-state index in [0.29, 0.717) is 37.7 Å². The molecule has 174 valence electrons. The Morgan fingerprint density at radius 3 is 2.44 bits per heavy atom. The number of anilines is 1. The lowest BCUT2D eigenvalue weighted by Gasteiger charge is -2.12. The van der Waals surface area contributed by atoms with Crippen LogP contribution in [0.15, 0.2) is 47.4 Å². The molecule has 0 heterocycles. The van der Waals surface area contributed by atoms with Gasteiger partial charge in [0.25, 0.3) is 21.6 Å². The topological polar surface area (TPSA) is 137 Å². The van der Waals surface area contributed by atoms with Crippen LogP contribution in [0.4, 0.5) is 11.4 Å². The van der Waals surface area contributed by atoms with Gasteiger partial charge in [-0.2, -0.15) is 0 Å². The van der Waals surface area contributed by atoms with Gasteiger partial charge >= 0.3 is 0 Å². The Morgan fingerprint density at radius 2 is 1.84 bits per heavy atom. The molecule has 0 aromatic heterocycles. The first kappa shape index (κ1) is 25.1. The van der Waals surface area contributed by atoms with Gasteiger partial charge in [0.05, 0.1) is 22.6 Å². The van der Waals surface area contributed by atoms with Crippen molar-refractivity contribution in [2.45, 2.75) is 25.2 Å². The second-order valence-electron chi connectivity index (χ2n) is 7.35. The highest BCUT2D eigenvalue weighted by Crippen LogP contribution is 2.30. The normalized spacial score (nSPS) is 11.2. The van der Waals surface area contributed by atoms with Crippen molar-refractivity contribution >= 4 is 27.3 Å². The molecule has 2 rings (SSSR count). The zero-order valence-corrected chi connectivity index (χ0v) is 19.0. The average Bonchev–Trinajstić information content (AvgIpc) is 2.75. The fraction of sp³-hybridized carbons (Fsp3) is 0.381. The first-order valence-corrected chi connectivity index (χ1v) is 11.4. The van der Waals surface area contributed by atoms with Crippen molar-refractivity contribution in [1.82, 2.24) is 5.32 Å². The number of hydrogen-bond donors (Lipinski definition) is 2. The zero-order chi connectivity index (χ0) is 23.7. The summed E-state index contributed by atoms with van der Waals surface area (Å²) in [6.07, 6.45) is 0.667. The summed E-state index contributed by atoms with van der Waals surface area (Å²) in [7, 11) is -2.74. The Morgan fingerprint density at radius 1 is 1.16 bits per heavy atom. The van der Waals surface area contributed by atoms with Crippen molar-refractivity contribution in [1.29, 1.82) is 0 Å². The number of nitrogens with zero attached hydrogens (tertiary/aromatic N) is 1. The number of carbonyl (C=O) groups excluding carboxylic acids is 1. The molecule has 11 heteroatoms. The van der Waals surface area contributed by atoms with Crippen molar-refractivity contribution in [2.24, 2.45) is 5.92 Å². The summed E-state index contributed by atoms with van der Waals surface area (Å²) in [4.78, 5) is 22.5. The van der Waals surface area contributed by atoms with Crippen LogP contribution < -0.4 is 14.8 Å². The van der Waals surface area contributed by atoms with Gasteiger partial charge in [-0.15, -0.1) is 0 Å². The van der Waals surface area contributed by atoms with Gasteiger partial charge in [0.2, 0.25) is 0 Å². The number of nitro benzene ring substituents is 1. The third-order valence-electron chi connectivity index (χ3n) is 4.27. The molecule has 10 nitrogen and oxygen atoms in total. The van der Waals surface area contributed by atoms with Crippen LogP contribution in [0.3, 0.4) is 0 Å². The summed E-state index contributed by atoms with van der Waals surface area (Å²) in [5.74, 6) is 0.255.